The maximum atomic E-state index is 13.0. The van der Waals surface area contributed by atoms with Crippen molar-refractivity contribution in [3.05, 3.63) is 46.4 Å². The third kappa shape index (κ3) is 2.93. The van der Waals surface area contributed by atoms with E-state index in [1.165, 1.54) is 18.5 Å². The van der Waals surface area contributed by atoms with Crippen LogP contribution in [0.4, 0.5) is 16.0 Å². The highest BCUT2D eigenvalue weighted by Crippen LogP contribution is 2.25. The molecule has 0 aliphatic heterocycles. The standard InChI is InChI=1S/C11H11BrFN5/c12-9-10(16-6-17-11(9)18-14)15-5-7-2-1-3-8(13)4-7/h1-4,6H,5,14H2,(H2,15,16,17,18). The minimum absolute atomic E-state index is 0.264. The van der Waals surface area contributed by atoms with Crippen LogP contribution in [0.25, 0.3) is 0 Å². The maximum absolute atomic E-state index is 13.0. The number of nitrogens with two attached hydrogens (primary N) is 1. The number of nitrogens with one attached hydrogen (secondary N) is 2. The summed E-state index contributed by atoms with van der Waals surface area (Å²) in [4.78, 5) is 8.00. The molecule has 0 aliphatic rings. The maximum Gasteiger partial charge on any atom is 0.159 e. The Hall–Kier alpha value is -1.73. The highest BCUT2D eigenvalue weighted by molar-refractivity contribution is 9.10. The number of anilines is 2. The summed E-state index contributed by atoms with van der Waals surface area (Å²) in [6.07, 6.45) is 1.38. The summed E-state index contributed by atoms with van der Waals surface area (Å²) in [5, 5.41) is 3.07. The third-order valence-corrected chi connectivity index (χ3v) is 3.03. The van der Waals surface area contributed by atoms with E-state index in [9.17, 15) is 4.39 Å². The van der Waals surface area contributed by atoms with Gasteiger partial charge in [-0.3, -0.25) is 0 Å². The number of hydrogen-bond acceptors (Lipinski definition) is 5. The molecule has 0 unspecified atom stereocenters. The molecule has 1 aromatic heterocycles. The van der Waals surface area contributed by atoms with Gasteiger partial charge in [-0.1, -0.05) is 12.1 Å². The van der Waals surface area contributed by atoms with Crippen LogP contribution in [0.2, 0.25) is 0 Å². The Kier molecular flexibility index (Phi) is 4.06. The van der Waals surface area contributed by atoms with Crippen molar-refractivity contribution < 1.29 is 4.39 Å². The predicted molar refractivity (Wildman–Crippen MR) is 71.3 cm³/mol. The van der Waals surface area contributed by atoms with Crippen LogP contribution in [0.3, 0.4) is 0 Å². The number of rotatable bonds is 4. The normalized spacial score (nSPS) is 10.2. The van der Waals surface area contributed by atoms with Gasteiger partial charge in [-0.2, -0.15) is 0 Å². The van der Waals surface area contributed by atoms with Gasteiger partial charge in [0.05, 0.1) is 0 Å². The quantitative estimate of drug-likeness (QED) is 0.596. The monoisotopic (exact) mass is 311 g/mol. The van der Waals surface area contributed by atoms with Gasteiger partial charge in [-0.15, -0.1) is 0 Å². The van der Waals surface area contributed by atoms with Crippen molar-refractivity contribution in [1.29, 1.82) is 0 Å². The molecule has 0 bridgehead atoms. The second-order valence-electron chi connectivity index (χ2n) is 3.51. The second kappa shape index (κ2) is 5.74. The molecule has 1 heterocycles. The Balaban J connectivity index is 2.11. The number of hydrogen-bond donors (Lipinski definition) is 3. The van der Waals surface area contributed by atoms with E-state index >= 15 is 0 Å². The van der Waals surface area contributed by atoms with Gasteiger partial charge in [0.15, 0.2) is 5.82 Å². The van der Waals surface area contributed by atoms with Crippen LogP contribution in [-0.2, 0) is 6.54 Å². The van der Waals surface area contributed by atoms with E-state index in [1.807, 2.05) is 6.07 Å². The lowest BCUT2D eigenvalue weighted by molar-refractivity contribution is 0.626. The summed E-state index contributed by atoms with van der Waals surface area (Å²) in [5.41, 5.74) is 3.27. The molecule has 0 spiro atoms. The first-order chi connectivity index (χ1) is 8.70. The van der Waals surface area contributed by atoms with Crippen LogP contribution in [-0.4, -0.2) is 9.97 Å². The minimum atomic E-state index is -0.264. The van der Waals surface area contributed by atoms with Gasteiger partial charge in [0.2, 0.25) is 0 Å². The molecule has 7 heteroatoms. The number of halogens is 2. The Labute approximate surface area is 112 Å². The summed E-state index contributed by atoms with van der Waals surface area (Å²) in [7, 11) is 0. The van der Waals surface area contributed by atoms with E-state index in [0.29, 0.717) is 22.7 Å². The first-order valence-electron chi connectivity index (χ1n) is 5.16. The smallest absolute Gasteiger partial charge is 0.159 e. The van der Waals surface area contributed by atoms with Gasteiger partial charge in [0, 0.05) is 6.54 Å². The number of hydrazine groups is 1. The summed E-state index contributed by atoms with van der Waals surface area (Å²) in [6, 6.07) is 6.35. The molecule has 0 amide bonds. The molecular weight excluding hydrogens is 301 g/mol. The Morgan fingerprint density at radius 3 is 2.78 bits per heavy atom. The van der Waals surface area contributed by atoms with Crippen molar-refractivity contribution in [2.24, 2.45) is 5.84 Å². The fraction of sp³-hybridized carbons (Fsp3) is 0.0909. The zero-order chi connectivity index (χ0) is 13.0. The number of benzene rings is 1. The molecule has 0 fully saturated rings. The number of nitrogen functional groups attached to an aromatic ring is 1. The molecule has 94 valence electrons. The molecule has 1 aromatic carbocycles. The molecule has 0 saturated heterocycles. The first kappa shape index (κ1) is 12.7. The highest BCUT2D eigenvalue weighted by Gasteiger charge is 2.07. The molecule has 0 radical (unpaired) electrons. The van der Waals surface area contributed by atoms with Crippen LogP contribution in [0.15, 0.2) is 35.1 Å². The summed E-state index contributed by atoms with van der Waals surface area (Å²) < 4.78 is 13.6. The molecule has 18 heavy (non-hydrogen) atoms. The summed E-state index contributed by atoms with van der Waals surface area (Å²) in [6.45, 7) is 0.456. The lowest BCUT2D eigenvalue weighted by Crippen LogP contribution is -2.11. The lowest BCUT2D eigenvalue weighted by Gasteiger charge is -2.09. The van der Waals surface area contributed by atoms with E-state index in [2.05, 4.69) is 36.6 Å². The lowest BCUT2D eigenvalue weighted by atomic mass is 10.2. The largest absolute Gasteiger partial charge is 0.365 e. The van der Waals surface area contributed by atoms with Crippen molar-refractivity contribution in [1.82, 2.24) is 9.97 Å². The summed E-state index contributed by atoms with van der Waals surface area (Å²) in [5.74, 6) is 6.10. The zero-order valence-electron chi connectivity index (χ0n) is 9.32. The average Bonchev–Trinajstić information content (AvgIpc) is 2.38. The van der Waals surface area contributed by atoms with Crippen LogP contribution in [0.5, 0.6) is 0 Å². The SMILES string of the molecule is NNc1ncnc(NCc2cccc(F)c2)c1Br. The first-order valence-corrected chi connectivity index (χ1v) is 5.95. The van der Waals surface area contributed by atoms with Crippen LogP contribution in [0, 0.1) is 5.82 Å². The van der Waals surface area contributed by atoms with Gasteiger partial charge in [0.25, 0.3) is 0 Å². The third-order valence-electron chi connectivity index (χ3n) is 2.28. The van der Waals surface area contributed by atoms with Gasteiger partial charge in [-0.05, 0) is 33.6 Å². The van der Waals surface area contributed by atoms with E-state index in [1.54, 1.807) is 6.07 Å². The van der Waals surface area contributed by atoms with Crippen LogP contribution in [0.1, 0.15) is 5.56 Å². The minimum Gasteiger partial charge on any atom is -0.365 e. The Morgan fingerprint density at radius 2 is 2.06 bits per heavy atom. The number of aromatic nitrogens is 2. The molecule has 5 nitrogen and oxygen atoms in total. The molecule has 2 aromatic rings. The topological polar surface area (TPSA) is 75.9 Å². The second-order valence-corrected chi connectivity index (χ2v) is 4.31. The summed E-state index contributed by atoms with van der Waals surface area (Å²) >= 11 is 3.33. The molecule has 2 rings (SSSR count). The Bertz CT molecular complexity index is 549. The highest BCUT2D eigenvalue weighted by atomic mass is 79.9. The van der Waals surface area contributed by atoms with Crippen molar-refractivity contribution in [2.45, 2.75) is 6.54 Å². The molecular formula is C11H11BrFN5. The number of nitrogens with zero attached hydrogens (tertiary/aromatic N) is 2. The van der Waals surface area contributed by atoms with Crippen molar-refractivity contribution in [3.63, 3.8) is 0 Å². The van der Waals surface area contributed by atoms with Crippen LogP contribution < -0.4 is 16.6 Å². The van der Waals surface area contributed by atoms with Crippen molar-refractivity contribution >= 4 is 27.6 Å². The fourth-order valence-corrected chi connectivity index (χ4v) is 1.89. The molecule has 0 atom stereocenters. The molecule has 0 aliphatic carbocycles. The Morgan fingerprint density at radius 1 is 1.28 bits per heavy atom. The van der Waals surface area contributed by atoms with Gasteiger partial charge in [0.1, 0.15) is 22.4 Å². The van der Waals surface area contributed by atoms with E-state index in [-0.39, 0.29) is 5.82 Å². The average molecular weight is 312 g/mol. The van der Waals surface area contributed by atoms with E-state index in [0.717, 1.165) is 5.56 Å². The van der Waals surface area contributed by atoms with Gasteiger partial charge >= 0.3 is 0 Å². The van der Waals surface area contributed by atoms with E-state index in [4.69, 9.17) is 5.84 Å². The van der Waals surface area contributed by atoms with Gasteiger partial charge < -0.3 is 10.7 Å². The fourth-order valence-electron chi connectivity index (χ4n) is 1.43. The molecule has 4 N–H and O–H groups in total. The van der Waals surface area contributed by atoms with Crippen molar-refractivity contribution in [3.8, 4) is 0 Å². The van der Waals surface area contributed by atoms with Crippen molar-refractivity contribution in [2.75, 3.05) is 10.7 Å². The predicted octanol–water partition coefficient (Wildman–Crippen LogP) is 2.28. The van der Waals surface area contributed by atoms with Crippen LogP contribution >= 0.6 is 15.9 Å². The molecule has 0 saturated carbocycles. The van der Waals surface area contributed by atoms with Gasteiger partial charge in [-0.25, -0.2) is 20.2 Å². The zero-order valence-corrected chi connectivity index (χ0v) is 10.9. The van der Waals surface area contributed by atoms with E-state index < -0.39 is 0 Å².